The zero-order valence-corrected chi connectivity index (χ0v) is 15.3. The quantitative estimate of drug-likeness (QED) is 0.841. The van der Waals surface area contributed by atoms with Crippen LogP contribution in [0.3, 0.4) is 0 Å². The summed E-state index contributed by atoms with van der Waals surface area (Å²) < 4.78 is 0. The van der Waals surface area contributed by atoms with Crippen LogP contribution in [-0.4, -0.2) is 22.8 Å². The van der Waals surface area contributed by atoms with E-state index in [-0.39, 0.29) is 23.6 Å². The van der Waals surface area contributed by atoms with Gasteiger partial charge in [0.25, 0.3) is 11.8 Å². The second-order valence-corrected chi connectivity index (χ2v) is 6.98. The smallest absolute Gasteiger partial charge is 0.270 e. The second-order valence-electron chi connectivity index (χ2n) is 6.55. The summed E-state index contributed by atoms with van der Waals surface area (Å²) in [7, 11) is 0. The third-order valence-electron chi connectivity index (χ3n) is 4.56. The molecule has 6 heteroatoms. The normalized spacial score (nSPS) is 14.7. The van der Waals surface area contributed by atoms with Crippen LogP contribution in [0.25, 0.3) is 0 Å². The maximum absolute atomic E-state index is 12.4. The topological polar surface area (TPSA) is 71.1 Å². The molecule has 26 heavy (non-hydrogen) atoms. The van der Waals surface area contributed by atoms with Crippen LogP contribution >= 0.6 is 11.6 Å². The number of hydrogen-bond acceptors (Lipinski definition) is 3. The molecule has 1 heterocycles. The average molecular weight is 372 g/mol. The SMILES string of the molecule is O=C(NCc1ccc(Cl)cc1)c1ccnc(C(=O)NC2CCCCC2)c1. The summed E-state index contributed by atoms with van der Waals surface area (Å²) in [5.74, 6) is -0.460. The van der Waals surface area contributed by atoms with Crippen molar-refractivity contribution in [2.75, 3.05) is 0 Å². The summed E-state index contributed by atoms with van der Waals surface area (Å²) in [6.07, 6.45) is 7.03. The first kappa shape index (κ1) is 18.4. The maximum atomic E-state index is 12.4. The second kappa shape index (κ2) is 8.81. The van der Waals surface area contributed by atoms with Gasteiger partial charge in [0, 0.05) is 29.4 Å². The van der Waals surface area contributed by atoms with Crippen LogP contribution in [0.5, 0.6) is 0 Å². The van der Waals surface area contributed by atoms with Crippen molar-refractivity contribution in [1.29, 1.82) is 0 Å². The Bertz CT molecular complexity index is 771. The van der Waals surface area contributed by atoms with E-state index in [2.05, 4.69) is 15.6 Å². The first-order valence-corrected chi connectivity index (χ1v) is 9.29. The van der Waals surface area contributed by atoms with Gasteiger partial charge in [-0.1, -0.05) is 43.0 Å². The van der Waals surface area contributed by atoms with Gasteiger partial charge < -0.3 is 10.6 Å². The predicted molar refractivity (Wildman–Crippen MR) is 101 cm³/mol. The molecule has 1 aliphatic carbocycles. The highest BCUT2D eigenvalue weighted by Crippen LogP contribution is 2.17. The molecule has 1 aliphatic rings. The fraction of sp³-hybridized carbons (Fsp3) is 0.350. The molecule has 0 spiro atoms. The van der Waals surface area contributed by atoms with Crippen LogP contribution in [0.4, 0.5) is 0 Å². The standard InChI is InChI=1S/C20H22ClN3O2/c21-16-8-6-14(7-9-16)13-23-19(25)15-10-11-22-18(12-15)20(26)24-17-4-2-1-3-5-17/h6-12,17H,1-5,13H2,(H,23,25)(H,24,26). The van der Waals surface area contributed by atoms with E-state index in [1.807, 2.05) is 12.1 Å². The number of nitrogens with zero attached hydrogens (tertiary/aromatic N) is 1. The Balaban J connectivity index is 1.59. The van der Waals surface area contributed by atoms with Gasteiger partial charge in [-0.15, -0.1) is 0 Å². The summed E-state index contributed by atoms with van der Waals surface area (Å²) in [6, 6.07) is 10.6. The lowest BCUT2D eigenvalue weighted by atomic mass is 9.95. The molecule has 0 unspecified atom stereocenters. The van der Waals surface area contributed by atoms with E-state index in [1.165, 1.54) is 18.7 Å². The highest BCUT2D eigenvalue weighted by atomic mass is 35.5. The first-order valence-electron chi connectivity index (χ1n) is 8.91. The lowest BCUT2D eigenvalue weighted by molar-refractivity contribution is 0.0922. The van der Waals surface area contributed by atoms with Crippen LogP contribution in [0, 0.1) is 0 Å². The van der Waals surface area contributed by atoms with Crippen molar-refractivity contribution < 1.29 is 9.59 Å². The number of aromatic nitrogens is 1. The molecule has 1 aromatic heterocycles. The number of hydrogen-bond donors (Lipinski definition) is 2. The van der Waals surface area contributed by atoms with Crippen molar-refractivity contribution in [1.82, 2.24) is 15.6 Å². The van der Waals surface area contributed by atoms with Crippen molar-refractivity contribution in [3.05, 3.63) is 64.4 Å². The zero-order chi connectivity index (χ0) is 18.4. The Morgan fingerprint density at radius 1 is 1.04 bits per heavy atom. The number of nitrogens with one attached hydrogen (secondary N) is 2. The molecule has 5 nitrogen and oxygen atoms in total. The van der Waals surface area contributed by atoms with Crippen molar-refractivity contribution in [3.63, 3.8) is 0 Å². The minimum atomic E-state index is -0.242. The molecule has 1 aromatic carbocycles. The van der Waals surface area contributed by atoms with Gasteiger partial charge >= 0.3 is 0 Å². The summed E-state index contributed by atoms with van der Waals surface area (Å²) in [5, 5.41) is 6.51. The van der Waals surface area contributed by atoms with Gasteiger partial charge in [0.2, 0.25) is 0 Å². The Hall–Kier alpha value is -2.40. The monoisotopic (exact) mass is 371 g/mol. The van der Waals surface area contributed by atoms with Crippen molar-refractivity contribution >= 4 is 23.4 Å². The van der Waals surface area contributed by atoms with Crippen molar-refractivity contribution in [2.24, 2.45) is 0 Å². The molecule has 0 aliphatic heterocycles. The largest absolute Gasteiger partial charge is 0.348 e. The molecule has 1 saturated carbocycles. The number of pyridine rings is 1. The van der Waals surface area contributed by atoms with Crippen LogP contribution in [0.1, 0.15) is 58.5 Å². The minimum Gasteiger partial charge on any atom is -0.348 e. The summed E-state index contributed by atoms with van der Waals surface area (Å²) in [6.45, 7) is 0.391. The Labute approximate surface area is 158 Å². The van der Waals surface area contributed by atoms with Gasteiger partial charge in [0.1, 0.15) is 5.69 Å². The van der Waals surface area contributed by atoms with Crippen LogP contribution in [-0.2, 0) is 6.54 Å². The summed E-state index contributed by atoms with van der Waals surface area (Å²) >= 11 is 5.85. The lowest BCUT2D eigenvalue weighted by Gasteiger charge is -2.22. The molecule has 1 fully saturated rings. The van der Waals surface area contributed by atoms with Crippen LogP contribution in [0.15, 0.2) is 42.6 Å². The molecule has 0 radical (unpaired) electrons. The van der Waals surface area contributed by atoms with Crippen molar-refractivity contribution in [2.45, 2.75) is 44.7 Å². The predicted octanol–water partition coefficient (Wildman–Crippen LogP) is 3.73. The first-order chi connectivity index (χ1) is 12.6. The molecule has 0 bridgehead atoms. The zero-order valence-electron chi connectivity index (χ0n) is 14.5. The molecular formula is C20H22ClN3O2. The third kappa shape index (κ3) is 5.05. The number of amides is 2. The Morgan fingerprint density at radius 3 is 2.50 bits per heavy atom. The van der Waals surface area contributed by atoms with E-state index < -0.39 is 0 Å². The maximum Gasteiger partial charge on any atom is 0.270 e. The molecule has 2 amide bonds. The highest BCUT2D eigenvalue weighted by molar-refractivity contribution is 6.30. The van der Waals surface area contributed by atoms with Gasteiger partial charge in [0.15, 0.2) is 0 Å². The average Bonchev–Trinajstić information content (AvgIpc) is 2.68. The summed E-state index contributed by atoms with van der Waals surface area (Å²) in [5.41, 5.74) is 1.64. The van der Waals surface area contributed by atoms with E-state index in [9.17, 15) is 9.59 Å². The van der Waals surface area contributed by atoms with Gasteiger partial charge in [-0.2, -0.15) is 0 Å². The van der Waals surface area contributed by atoms with E-state index in [0.717, 1.165) is 31.2 Å². The number of carbonyl (C=O) groups is 2. The number of halogens is 1. The third-order valence-corrected chi connectivity index (χ3v) is 4.81. The molecule has 2 aromatic rings. The molecule has 0 atom stereocenters. The molecule has 3 rings (SSSR count). The fourth-order valence-corrected chi connectivity index (χ4v) is 3.21. The Kier molecular flexibility index (Phi) is 6.23. The van der Waals surface area contributed by atoms with E-state index in [1.54, 1.807) is 18.2 Å². The number of carbonyl (C=O) groups excluding carboxylic acids is 2. The van der Waals surface area contributed by atoms with Gasteiger partial charge in [-0.05, 0) is 42.7 Å². The molecule has 0 saturated heterocycles. The lowest BCUT2D eigenvalue weighted by Crippen LogP contribution is -2.36. The van der Waals surface area contributed by atoms with Crippen molar-refractivity contribution in [3.8, 4) is 0 Å². The fourth-order valence-electron chi connectivity index (χ4n) is 3.09. The molecular weight excluding hydrogens is 350 g/mol. The van der Waals surface area contributed by atoms with E-state index >= 15 is 0 Å². The molecule has 136 valence electrons. The van der Waals surface area contributed by atoms with E-state index in [4.69, 9.17) is 11.6 Å². The van der Waals surface area contributed by atoms with Gasteiger partial charge in [0.05, 0.1) is 0 Å². The number of benzene rings is 1. The van der Waals surface area contributed by atoms with Gasteiger partial charge in [-0.25, -0.2) is 0 Å². The van der Waals surface area contributed by atoms with Crippen LogP contribution < -0.4 is 10.6 Å². The highest BCUT2D eigenvalue weighted by Gasteiger charge is 2.18. The Morgan fingerprint density at radius 2 is 1.77 bits per heavy atom. The van der Waals surface area contributed by atoms with E-state index in [0.29, 0.717) is 17.1 Å². The van der Waals surface area contributed by atoms with Crippen LogP contribution in [0.2, 0.25) is 5.02 Å². The van der Waals surface area contributed by atoms with Gasteiger partial charge in [-0.3, -0.25) is 14.6 Å². The molecule has 2 N–H and O–H groups in total. The number of rotatable bonds is 5. The minimum absolute atomic E-state index is 0.209. The summed E-state index contributed by atoms with van der Waals surface area (Å²) in [4.78, 5) is 28.8.